The zero-order valence-electron chi connectivity index (χ0n) is 12.3. The number of fused-ring (bicyclic) bond motifs is 1. The van der Waals surface area contributed by atoms with E-state index in [9.17, 15) is 0 Å². The number of pyridine rings is 1. The van der Waals surface area contributed by atoms with Crippen LogP contribution in [-0.2, 0) is 0 Å². The van der Waals surface area contributed by atoms with Crippen molar-refractivity contribution in [1.82, 2.24) is 4.98 Å². The van der Waals surface area contributed by atoms with Gasteiger partial charge in [-0.15, -0.1) is 0 Å². The molecule has 106 valence electrons. The Labute approximate surface area is 125 Å². The summed E-state index contributed by atoms with van der Waals surface area (Å²) in [6, 6.07) is 21.1. The third-order valence-corrected chi connectivity index (χ3v) is 3.97. The monoisotopic (exact) mass is 276 g/mol. The molecular formula is C19H20N2. The molecule has 0 amide bonds. The molecule has 0 spiro atoms. The normalized spacial score (nSPS) is 12.5. The van der Waals surface area contributed by atoms with Crippen LogP contribution in [0.25, 0.3) is 22.2 Å². The predicted octanol–water partition coefficient (Wildman–Crippen LogP) is 4.35. The molecule has 0 saturated heterocycles. The summed E-state index contributed by atoms with van der Waals surface area (Å²) in [6.07, 6.45) is 1.02. The second-order valence-corrected chi connectivity index (χ2v) is 5.49. The van der Waals surface area contributed by atoms with E-state index in [0.717, 1.165) is 29.7 Å². The second-order valence-electron chi connectivity index (χ2n) is 5.49. The minimum atomic E-state index is 0.508. The molecule has 3 aromatic rings. The number of para-hydroxylation sites is 1. The fraction of sp³-hybridized carbons (Fsp3) is 0.211. The molecule has 2 N–H and O–H groups in total. The summed E-state index contributed by atoms with van der Waals surface area (Å²) in [5.41, 5.74) is 10.2. The largest absolute Gasteiger partial charge is 0.330 e. The Morgan fingerprint density at radius 3 is 2.48 bits per heavy atom. The summed E-state index contributed by atoms with van der Waals surface area (Å²) in [5.74, 6) is 0.508. The van der Waals surface area contributed by atoms with Gasteiger partial charge in [0.15, 0.2) is 0 Å². The number of rotatable bonds is 4. The summed E-state index contributed by atoms with van der Waals surface area (Å²) >= 11 is 0. The summed E-state index contributed by atoms with van der Waals surface area (Å²) < 4.78 is 0. The lowest BCUT2D eigenvalue weighted by molar-refractivity contribution is 0.690. The highest BCUT2D eigenvalue weighted by Gasteiger charge is 2.06. The van der Waals surface area contributed by atoms with Crippen LogP contribution in [0.3, 0.4) is 0 Å². The Morgan fingerprint density at radius 1 is 0.952 bits per heavy atom. The molecule has 0 aliphatic carbocycles. The standard InChI is InChI=1S/C19H20N2/c1-14(12-13-20)15-6-8-17(9-7-15)19-11-10-16-4-2-3-5-18(16)21-19/h2-11,14H,12-13,20H2,1H3. The van der Waals surface area contributed by atoms with Crippen molar-refractivity contribution in [1.29, 1.82) is 0 Å². The van der Waals surface area contributed by atoms with Crippen LogP contribution in [0.1, 0.15) is 24.8 Å². The predicted molar refractivity (Wildman–Crippen MR) is 89.3 cm³/mol. The van der Waals surface area contributed by atoms with E-state index in [1.54, 1.807) is 0 Å². The Balaban J connectivity index is 1.91. The molecule has 1 unspecified atom stereocenters. The summed E-state index contributed by atoms with van der Waals surface area (Å²) in [6.45, 7) is 2.95. The van der Waals surface area contributed by atoms with Gasteiger partial charge in [0.25, 0.3) is 0 Å². The van der Waals surface area contributed by atoms with Crippen LogP contribution in [0.2, 0.25) is 0 Å². The minimum Gasteiger partial charge on any atom is -0.330 e. The first-order chi connectivity index (χ1) is 10.3. The first-order valence-corrected chi connectivity index (χ1v) is 7.44. The van der Waals surface area contributed by atoms with Gasteiger partial charge in [-0.25, -0.2) is 4.98 Å². The first kappa shape index (κ1) is 13.8. The van der Waals surface area contributed by atoms with E-state index in [2.05, 4.69) is 55.5 Å². The van der Waals surface area contributed by atoms with Crippen LogP contribution in [0, 0.1) is 0 Å². The van der Waals surface area contributed by atoms with Crippen LogP contribution in [0.4, 0.5) is 0 Å². The fourth-order valence-electron chi connectivity index (χ4n) is 2.63. The van der Waals surface area contributed by atoms with Crippen molar-refractivity contribution in [2.24, 2.45) is 5.73 Å². The van der Waals surface area contributed by atoms with Crippen molar-refractivity contribution < 1.29 is 0 Å². The summed E-state index contributed by atoms with van der Waals surface area (Å²) in [7, 11) is 0. The van der Waals surface area contributed by atoms with Gasteiger partial charge < -0.3 is 5.73 Å². The van der Waals surface area contributed by atoms with Crippen molar-refractivity contribution >= 4 is 10.9 Å². The average Bonchev–Trinajstić information content (AvgIpc) is 2.55. The van der Waals surface area contributed by atoms with E-state index >= 15 is 0 Å². The molecular weight excluding hydrogens is 256 g/mol. The van der Waals surface area contributed by atoms with E-state index in [4.69, 9.17) is 10.7 Å². The maximum Gasteiger partial charge on any atom is 0.0709 e. The zero-order valence-corrected chi connectivity index (χ0v) is 12.3. The Kier molecular flexibility index (Phi) is 3.98. The van der Waals surface area contributed by atoms with Gasteiger partial charge in [-0.3, -0.25) is 0 Å². The smallest absolute Gasteiger partial charge is 0.0709 e. The molecule has 2 nitrogen and oxygen atoms in total. The Morgan fingerprint density at radius 2 is 1.71 bits per heavy atom. The highest BCUT2D eigenvalue weighted by Crippen LogP contribution is 2.24. The number of benzene rings is 2. The van der Waals surface area contributed by atoms with Gasteiger partial charge in [-0.2, -0.15) is 0 Å². The molecule has 0 fully saturated rings. The molecule has 2 heteroatoms. The first-order valence-electron chi connectivity index (χ1n) is 7.44. The van der Waals surface area contributed by atoms with Crippen LogP contribution in [0.5, 0.6) is 0 Å². The molecule has 0 aliphatic rings. The van der Waals surface area contributed by atoms with Crippen molar-refractivity contribution in [3.8, 4) is 11.3 Å². The number of hydrogen-bond acceptors (Lipinski definition) is 2. The van der Waals surface area contributed by atoms with Gasteiger partial charge in [0, 0.05) is 10.9 Å². The number of aromatic nitrogens is 1. The fourth-order valence-corrected chi connectivity index (χ4v) is 2.63. The van der Waals surface area contributed by atoms with Crippen molar-refractivity contribution in [2.45, 2.75) is 19.3 Å². The molecule has 0 saturated carbocycles. The molecule has 3 rings (SSSR count). The van der Waals surface area contributed by atoms with Crippen molar-refractivity contribution in [2.75, 3.05) is 6.54 Å². The molecule has 1 aromatic heterocycles. The van der Waals surface area contributed by atoms with Gasteiger partial charge in [0.05, 0.1) is 11.2 Å². The van der Waals surface area contributed by atoms with Crippen LogP contribution < -0.4 is 5.73 Å². The maximum absolute atomic E-state index is 5.63. The maximum atomic E-state index is 5.63. The lowest BCUT2D eigenvalue weighted by Gasteiger charge is -2.11. The topological polar surface area (TPSA) is 38.9 Å². The van der Waals surface area contributed by atoms with E-state index in [-0.39, 0.29) is 0 Å². The lowest BCUT2D eigenvalue weighted by Crippen LogP contribution is -2.04. The van der Waals surface area contributed by atoms with E-state index < -0.39 is 0 Å². The Hall–Kier alpha value is -2.19. The molecule has 1 heterocycles. The van der Waals surface area contributed by atoms with Gasteiger partial charge >= 0.3 is 0 Å². The third-order valence-electron chi connectivity index (χ3n) is 3.97. The van der Waals surface area contributed by atoms with Crippen LogP contribution in [0.15, 0.2) is 60.7 Å². The lowest BCUT2D eigenvalue weighted by atomic mass is 9.96. The van der Waals surface area contributed by atoms with Gasteiger partial charge in [-0.05, 0) is 36.6 Å². The molecule has 0 bridgehead atoms. The van der Waals surface area contributed by atoms with E-state index in [1.807, 2.05) is 12.1 Å². The average molecular weight is 276 g/mol. The van der Waals surface area contributed by atoms with Crippen molar-refractivity contribution in [3.63, 3.8) is 0 Å². The number of nitrogens with two attached hydrogens (primary N) is 1. The SMILES string of the molecule is CC(CCN)c1ccc(-c2ccc3ccccc3n2)cc1. The highest BCUT2D eigenvalue weighted by atomic mass is 14.7. The van der Waals surface area contributed by atoms with E-state index in [0.29, 0.717) is 5.92 Å². The molecule has 1 atom stereocenters. The van der Waals surface area contributed by atoms with Crippen LogP contribution >= 0.6 is 0 Å². The van der Waals surface area contributed by atoms with Crippen molar-refractivity contribution in [3.05, 3.63) is 66.2 Å². The van der Waals surface area contributed by atoms with Gasteiger partial charge in [0.2, 0.25) is 0 Å². The number of hydrogen-bond donors (Lipinski definition) is 1. The van der Waals surface area contributed by atoms with Gasteiger partial charge in [0.1, 0.15) is 0 Å². The summed E-state index contributed by atoms with van der Waals surface area (Å²) in [5, 5.41) is 1.18. The molecule has 0 radical (unpaired) electrons. The Bertz CT molecular complexity index is 732. The molecule has 21 heavy (non-hydrogen) atoms. The number of nitrogens with zero attached hydrogens (tertiary/aromatic N) is 1. The van der Waals surface area contributed by atoms with E-state index in [1.165, 1.54) is 10.9 Å². The molecule has 0 aliphatic heterocycles. The minimum absolute atomic E-state index is 0.508. The third kappa shape index (κ3) is 2.96. The molecule has 2 aromatic carbocycles. The summed E-state index contributed by atoms with van der Waals surface area (Å²) in [4.78, 5) is 4.74. The quantitative estimate of drug-likeness (QED) is 0.769. The highest BCUT2D eigenvalue weighted by molar-refractivity contribution is 5.81. The van der Waals surface area contributed by atoms with Crippen LogP contribution in [-0.4, -0.2) is 11.5 Å². The second kappa shape index (κ2) is 6.06. The zero-order chi connectivity index (χ0) is 14.7. The van der Waals surface area contributed by atoms with Gasteiger partial charge in [-0.1, -0.05) is 55.5 Å².